The molecule has 0 radical (unpaired) electrons. The molecule has 0 aliphatic rings. The molecule has 0 amide bonds. The number of aryl methyl sites for hydroxylation is 1. The fourth-order valence-corrected chi connectivity index (χ4v) is 1.27. The Morgan fingerprint density at radius 1 is 1.62 bits per heavy atom. The van der Waals surface area contributed by atoms with Crippen molar-refractivity contribution in [2.75, 3.05) is 0 Å². The van der Waals surface area contributed by atoms with Gasteiger partial charge in [-0.2, -0.15) is 0 Å². The Morgan fingerprint density at radius 2 is 2.19 bits per heavy atom. The van der Waals surface area contributed by atoms with Gasteiger partial charge in [-0.05, 0) is 18.5 Å². The Morgan fingerprint density at radius 3 is 2.56 bits per heavy atom. The standard InChI is InChI=1S/C8H5ClF2N2O3/c1-3-5(13(15)16)2-4(8(10)11)6(12-3)7(9)14/h2,8H,1H3. The largest absolute Gasteiger partial charge is 0.290 e. The SMILES string of the molecule is Cc1nc(C(=O)Cl)c(C(F)F)cc1[N+](=O)[O-]. The van der Waals surface area contributed by atoms with Crippen LogP contribution in [0.4, 0.5) is 14.5 Å². The number of carbonyl (C=O) groups excluding carboxylic acids is 1. The molecule has 1 heterocycles. The Balaban J connectivity index is 3.49. The van der Waals surface area contributed by atoms with Crippen LogP contribution in [-0.4, -0.2) is 15.1 Å². The third kappa shape index (κ3) is 2.30. The molecule has 0 aromatic carbocycles. The number of nitro groups is 1. The van der Waals surface area contributed by atoms with Crippen LogP contribution in [0.15, 0.2) is 6.07 Å². The van der Waals surface area contributed by atoms with Crippen LogP contribution >= 0.6 is 11.6 Å². The minimum atomic E-state index is -3.05. The number of carbonyl (C=O) groups is 1. The summed E-state index contributed by atoms with van der Waals surface area (Å²) in [5.74, 6) is 0. The quantitative estimate of drug-likeness (QED) is 0.469. The van der Waals surface area contributed by atoms with E-state index >= 15 is 0 Å². The van der Waals surface area contributed by atoms with Gasteiger partial charge in [0.1, 0.15) is 11.4 Å². The average molecular weight is 251 g/mol. The Bertz CT molecular complexity index is 465. The summed E-state index contributed by atoms with van der Waals surface area (Å²) >= 11 is 5.05. The normalized spacial score (nSPS) is 10.6. The van der Waals surface area contributed by atoms with Gasteiger partial charge in [0.15, 0.2) is 0 Å². The van der Waals surface area contributed by atoms with E-state index in [2.05, 4.69) is 4.98 Å². The zero-order valence-corrected chi connectivity index (χ0v) is 8.66. The first kappa shape index (κ1) is 12.4. The van der Waals surface area contributed by atoms with Crippen molar-refractivity contribution in [2.24, 2.45) is 0 Å². The lowest BCUT2D eigenvalue weighted by atomic mass is 10.1. The number of hydrogen-bond donors (Lipinski definition) is 0. The second-order valence-electron chi connectivity index (χ2n) is 2.86. The predicted octanol–water partition coefficient (Wildman–Crippen LogP) is 2.61. The van der Waals surface area contributed by atoms with E-state index in [1.807, 2.05) is 0 Å². The molecule has 1 aromatic heterocycles. The molecule has 0 spiro atoms. The highest BCUT2D eigenvalue weighted by molar-refractivity contribution is 6.67. The van der Waals surface area contributed by atoms with Gasteiger partial charge in [-0.25, -0.2) is 13.8 Å². The molecule has 0 bridgehead atoms. The summed E-state index contributed by atoms with van der Waals surface area (Å²) in [7, 11) is 0. The lowest BCUT2D eigenvalue weighted by Crippen LogP contribution is -2.06. The van der Waals surface area contributed by atoms with Crippen molar-refractivity contribution in [3.8, 4) is 0 Å². The maximum absolute atomic E-state index is 12.5. The molecule has 0 atom stereocenters. The fourth-order valence-electron chi connectivity index (χ4n) is 1.12. The second-order valence-corrected chi connectivity index (χ2v) is 3.21. The molecule has 1 aromatic rings. The molecule has 0 aliphatic heterocycles. The third-order valence-electron chi connectivity index (χ3n) is 1.83. The Kier molecular flexibility index (Phi) is 3.48. The summed E-state index contributed by atoms with van der Waals surface area (Å²) in [4.78, 5) is 23.8. The summed E-state index contributed by atoms with van der Waals surface area (Å²) in [6.07, 6.45) is -3.05. The molecule has 0 fully saturated rings. The number of pyridine rings is 1. The maximum Gasteiger partial charge on any atom is 0.290 e. The van der Waals surface area contributed by atoms with Crippen LogP contribution in [0.2, 0.25) is 0 Å². The first-order valence-electron chi connectivity index (χ1n) is 3.98. The van der Waals surface area contributed by atoms with Gasteiger partial charge in [-0.1, -0.05) is 0 Å². The number of nitrogens with zero attached hydrogens (tertiary/aromatic N) is 2. The molecule has 0 saturated carbocycles. The molecule has 86 valence electrons. The molecule has 16 heavy (non-hydrogen) atoms. The van der Waals surface area contributed by atoms with E-state index in [9.17, 15) is 23.7 Å². The van der Waals surface area contributed by atoms with Crippen molar-refractivity contribution in [2.45, 2.75) is 13.3 Å². The lowest BCUT2D eigenvalue weighted by Gasteiger charge is -2.05. The van der Waals surface area contributed by atoms with Crippen molar-refractivity contribution in [1.82, 2.24) is 4.98 Å². The second kappa shape index (κ2) is 4.48. The van der Waals surface area contributed by atoms with Crippen LogP contribution in [0.3, 0.4) is 0 Å². The van der Waals surface area contributed by atoms with Crippen LogP contribution in [0.25, 0.3) is 0 Å². The molecule has 0 unspecified atom stereocenters. The number of alkyl halides is 2. The summed E-state index contributed by atoms with van der Waals surface area (Å²) < 4.78 is 25.0. The highest BCUT2D eigenvalue weighted by Crippen LogP contribution is 2.28. The van der Waals surface area contributed by atoms with Gasteiger partial charge in [0.05, 0.1) is 10.5 Å². The summed E-state index contributed by atoms with van der Waals surface area (Å²) in [5.41, 5.74) is -2.20. The van der Waals surface area contributed by atoms with Gasteiger partial charge in [-0.15, -0.1) is 0 Å². The number of rotatable bonds is 3. The minimum absolute atomic E-state index is 0.140. The van der Waals surface area contributed by atoms with E-state index in [0.717, 1.165) is 0 Å². The highest BCUT2D eigenvalue weighted by atomic mass is 35.5. The molecule has 1 rings (SSSR count). The van der Waals surface area contributed by atoms with Gasteiger partial charge in [0.25, 0.3) is 17.4 Å². The fraction of sp³-hybridized carbons (Fsp3) is 0.250. The Labute approximate surface area is 93.2 Å². The molecule has 8 heteroatoms. The first-order chi connectivity index (χ1) is 7.34. The summed E-state index contributed by atoms with van der Waals surface area (Å²) in [6.45, 7) is 1.23. The third-order valence-corrected chi connectivity index (χ3v) is 2.01. The monoisotopic (exact) mass is 250 g/mol. The maximum atomic E-state index is 12.5. The number of aromatic nitrogens is 1. The van der Waals surface area contributed by atoms with E-state index in [4.69, 9.17) is 11.6 Å². The number of halogens is 3. The lowest BCUT2D eigenvalue weighted by molar-refractivity contribution is -0.385. The predicted molar refractivity (Wildman–Crippen MR) is 50.8 cm³/mol. The van der Waals surface area contributed by atoms with E-state index in [1.165, 1.54) is 6.92 Å². The van der Waals surface area contributed by atoms with Crippen LogP contribution < -0.4 is 0 Å². The summed E-state index contributed by atoms with van der Waals surface area (Å²) in [6, 6.07) is 0.614. The minimum Gasteiger partial charge on any atom is -0.274 e. The zero-order valence-electron chi connectivity index (χ0n) is 7.91. The van der Waals surface area contributed by atoms with Crippen LogP contribution in [0, 0.1) is 17.0 Å². The summed E-state index contributed by atoms with van der Waals surface area (Å²) in [5, 5.41) is 9.31. The van der Waals surface area contributed by atoms with Crippen molar-refractivity contribution < 1.29 is 18.5 Å². The van der Waals surface area contributed by atoms with Crippen molar-refractivity contribution in [1.29, 1.82) is 0 Å². The molecular formula is C8H5ClF2N2O3. The van der Waals surface area contributed by atoms with Gasteiger partial charge >= 0.3 is 0 Å². The van der Waals surface area contributed by atoms with Crippen molar-refractivity contribution in [3.05, 3.63) is 33.1 Å². The van der Waals surface area contributed by atoms with E-state index in [-0.39, 0.29) is 5.69 Å². The highest BCUT2D eigenvalue weighted by Gasteiger charge is 2.24. The molecular weight excluding hydrogens is 246 g/mol. The van der Waals surface area contributed by atoms with Crippen LogP contribution in [-0.2, 0) is 0 Å². The smallest absolute Gasteiger partial charge is 0.274 e. The first-order valence-corrected chi connectivity index (χ1v) is 4.36. The average Bonchev–Trinajstić information content (AvgIpc) is 2.15. The van der Waals surface area contributed by atoms with E-state index in [0.29, 0.717) is 6.07 Å². The van der Waals surface area contributed by atoms with E-state index in [1.54, 1.807) is 0 Å². The Hall–Kier alpha value is -1.63. The molecule has 0 aliphatic carbocycles. The van der Waals surface area contributed by atoms with Gasteiger partial charge in [0, 0.05) is 6.07 Å². The van der Waals surface area contributed by atoms with Gasteiger partial charge in [0.2, 0.25) is 0 Å². The van der Waals surface area contributed by atoms with Gasteiger partial charge in [-0.3, -0.25) is 14.9 Å². The molecule has 0 saturated heterocycles. The zero-order chi connectivity index (χ0) is 12.5. The van der Waals surface area contributed by atoms with Gasteiger partial charge < -0.3 is 0 Å². The topological polar surface area (TPSA) is 73.1 Å². The van der Waals surface area contributed by atoms with E-state index < -0.39 is 33.5 Å². The van der Waals surface area contributed by atoms with Crippen LogP contribution in [0.5, 0.6) is 0 Å². The van der Waals surface area contributed by atoms with Crippen LogP contribution in [0.1, 0.15) is 28.2 Å². The van der Waals surface area contributed by atoms with Crippen molar-refractivity contribution >= 4 is 22.5 Å². The molecule has 5 nitrogen and oxygen atoms in total. The van der Waals surface area contributed by atoms with Crippen molar-refractivity contribution in [3.63, 3.8) is 0 Å². The number of hydrogen-bond acceptors (Lipinski definition) is 4. The molecule has 0 N–H and O–H groups in total.